The molecule has 142 valence electrons. The molecule has 1 atom stereocenters. The van der Waals surface area contributed by atoms with Crippen LogP contribution in [0.15, 0.2) is 84.9 Å². The molecule has 3 aromatic carbocycles. The van der Waals surface area contributed by atoms with Gasteiger partial charge in [-0.05, 0) is 35.7 Å². The highest BCUT2D eigenvalue weighted by molar-refractivity contribution is 5.91. The summed E-state index contributed by atoms with van der Waals surface area (Å²) >= 11 is 0. The minimum absolute atomic E-state index is 0.0362. The van der Waals surface area contributed by atoms with Crippen LogP contribution >= 0.6 is 0 Å². The molecule has 0 fully saturated rings. The SMILES string of the molecule is O=C(COC(=O)c1cccc(O)c1)N[C@@H](Cc1ccccc1)c1ccccc1. The molecular formula is C23H21NO4. The smallest absolute Gasteiger partial charge is 0.338 e. The summed E-state index contributed by atoms with van der Waals surface area (Å²) in [7, 11) is 0. The van der Waals surface area contributed by atoms with Crippen LogP contribution in [0, 0.1) is 0 Å². The monoisotopic (exact) mass is 375 g/mol. The number of phenolic OH excluding ortho intramolecular Hbond substituents is 1. The molecule has 0 aromatic heterocycles. The predicted octanol–water partition coefficient (Wildman–Crippen LogP) is 3.65. The van der Waals surface area contributed by atoms with E-state index in [2.05, 4.69) is 5.32 Å². The van der Waals surface area contributed by atoms with Crippen molar-refractivity contribution in [2.24, 2.45) is 0 Å². The van der Waals surface area contributed by atoms with Crippen LogP contribution in [0.25, 0.3) is 0 Å². The molecule has 28 heavy (non-hydrogen) atoms. The summed E-state index contributed by atoms with van der Waals surface area (Å²) in [5, 5.41) is 12.4. The minimum atomic E-state index is -0.662. The molecule has 5 heteroatoms. The van der Waals surface area contributed by atoms with E-state index in [0.29, 0.717) is 6.42 Å². The number of rotatable bonds is 7. The van der Waals surface area contributed by atoms with Crippen LogP contribution in [0.4, 0.5) is 0 Å². The number of phenols is 1. The first kappa shape index (κ1) is 19.2. The summed E-state index contributed by atoms with van der Waals surface area (Å²) in [6.45, 7) is -0.396. The molecule has 3 aromatic rings. The van der Waals surface area contributed by atoms with E-state index in [0.717, 1.165) is 11.1 Å². The van der Waals surface area contributed by atoms with Crippen LogP contribution in [-0.2, 0) is 16.0 Å². The maximum absolute atomic E-state index is 12.4. The van der Waals surface area contributed by atoms with Crippen molar-refractivity contribution in [3.63, 3.8) is 0 Å². The van der Waals surface area contributed by atoms with E-state index in [4.69, 9.17) is 4.74 Å². The summed E-state index contributed by atoms with van der Waals surface area (Å²) < 4.78 is 5.07. The van der Waals surface area contributed by atoms with E-state index in [1.54, 1.807) is 0 Å². The van der Waals surface area contributed by atoms with Crippen molar-refractivity contribution >= 4 is 11.9 Å². The molecule has 0 radical (unpaired) electrons. The van der Waals surface area contributed by atoms with Gasteiger partial charge in [0.25, 0.3) is 5.91 Å². The summed E-state index contributed by atoms with van der Waals surface area (Å²) in [5.41, 5.74) is 2.25. The van der Waals surface area contributed by atoms with Crippen molar-refractivity contribution in [1.29, 1.82) is 0 Å². The number of amides is 1. The van der Waals surface area contributed by atoms with Gasteiger partial charge < -0.3 is 15.2 Å². The predicted molar refractivity (Wildman–Crippen MR) is 106 cm³/mol. The third kappa shape index (κ3) is 5.45. The van der Waals surface area contributed by atoms with Gasteiger partial charge >= 0.3 is 5.97 Å². The summed E-state index contributed by atoms with van der Waals surface area (Å²) in [6, 6.07) is 25.1. The van der Waals surface area contributed by atoms with Gasteiger partial charge in [-0.1, -0.05) is 66.7 Å². The Morgan fingerprint density at radius 3 is 2.25 bits per heavy atom. The number of hydrogen-bond donors (Lipinski definition) is 2. The molecule has 0 spiro atoms. The summed E-state index contributed by atoms with van der Waals surface area (Å²) in [6.07, 6.45) is 0.622. The number of esters is 1. The number of carbonyl (C=O) groups is 2. The van der Waals surface area contributed by atoms with Crippen LogP contribution in [0.1, 0.15) is 27.5 Å². The highest BCUT2D eigenvalue weighted by Crippen LogP contribution is 2.18. The lowest BCUT2D eigenvalue weighted by Crippen LogP contribution is -2.33. The molecule has 0 aliphatic carbocycles. The first-order valence-electron chi connectivity index (χ1n) is 8.96. The van der Waals surface area contributed by atoms with Crippen LogP contribution < -0.4 is 5.32 Å². The van der Waals surface area contributed by atoms with Gasteiger partial charge in [-0.3, -0.25) is 4.79 Å². The van der Waals surface area contributed by atoms with Crippen LogP contribution in [-0.4, -0.2) is 23.6 Å². The largest absolute Gasteiger partial charge is 0.508 e. The fraction of sp³-hybridized carbons (Fsp3) is 0.130. The Balaban J connectivity index is 1.63. The molecule has 3 rings (SSSR count). The molecule has 2 N–H and O–H groups in total. The standard InChI is InChI=1S/C23H21NO4/c25-20-13-7-12-19(15-20)23(27)28-16-22(26)24-21(18-10-5-2-6-11-18)14-17-8-3-1-4-9-17/h1-13,15,21,25H,14,16H2,(H,24,26)/t21-/m0/s1. The van der Waals surface area contributed by atoms with E-state index in [-0.39, 0.29) is 17.4 Å². The number of carbonyl (C=O) groups excluding carboxylic acids is 2. The quantitative estimate of drug-likeness (QED) is 0.618. The van der Waals surface area contributed by atoms with Gasteiger partial charge in [0.05, 0.1) is 11.6 Å². The first-order chi connectivity index (χ1) is 13.6. The molecule has 0 saturated heterocycles. The third-order valence-electron chi connectivity index (χ3n) is 4.24. The van der Waals surface area contributed by atoms with Gasteiger partial charge in [0, 0.05) is 0 Å². The van der Waals surface area contributed by atoms with Gasteiger partial charge in [0.15, 0.2) is 6.61 Å². The highest BCUT2D eigenvalue weighted by atomic mass is 16.5. The van der Waals surface area contributed by atoms with E-state index < -0.39 is 18.5 Å². The fourth-order valence-corrected chi connectivity index (χ4v) is 2.87. The highest BCUT2D eigenvalue weighted by Gasteiger charge is 2.17. The minimum Gasteiger partial charge on any atom is -0.508 e. The summed E-state index contributed by atoms with van der Waals surface area (Å²) in [5.74, 6) is -1.09. The number of aromatic hydroxyl groups is 1. The average Bonchev–Trinajstić information content (AvgIpc) is 2.73. The lowest BCUT2D eigenvalue weighted by Gasteiger charge is -2.19. The third-order valence-corrected chi connectivity index (χ3v) is 4.24. The van der Waals surface area contributed by atoms with Crippen LogP contribution in [0.2, 0.25) is 0 Å². The zero-order valence-electron chi connectivity index (χ0n) is 15.2. The first-order valence-corrected chi connectivity index (χ1v) is 8.96. The molecule has 0 aliphatic heterocycles. The van der Waals surface area contributed by atoms with E-state index in [1.165, 1.54) is 24.3 Å². The van der Waals surface area contributed by atoms with E-state index in [1.807, 2.05) is 60.7 Å². The van der Waals surface area contributed by atoms with Crippen molar-refractivity contribution < 1.29 is 19.4 Å². The zero-order valence-corrected chi connectivity index (χ0v) is 15.2. The molecule has 0 unspecified atom stereocenters. The average molecular weight is 375 g/mol. The Morgan fingerprint density at radius 1 is 0.893 bits per heavy atom. The Morgan fingerprint density at radius 2 is 1.57 bits per heavy atom. The molecule has 1 amide bonds. The number of nitrogens with one attached hydrogen (secondary N) is 1. The molecular weight excluding hydrogens is 354 g/mol. The molecule has 0 aliphatic rings. The molecule has 0 heterocycles. The van der Waals surface area contributed by atoms with Gasteiger partial charge in [-0.15, -0.1) is 0 Å². The van der Waals surface area contributed by atoms with Gasteiger partial charge in [0.1, 0.15) is 5.75 Å². The van der Waals surface area contributed by atoms with Crippen LogP contribution in [0.5, 0.6) is 5.75 Å². The van der Waals surface area contributed by atoms with E-state index in [9.17, 15) is 14.7 Å². The van der Waals surface area contributed by atoms with Crippen molar-refractivity contribution in [2.45, 2.75) is 12.5 Å². The normalized spacial score (nSPS) is 11.4. The lowest BCUT2D eigenvalue weighted by atomic mass is 9.99. The Hall–Kier alpha value is -3.60. The van der Waals surface area contributed by atoms with Crippen molar-refractivity contribution in [3.05, 3.63) is 102 Å². The van der Waals surface area contributed by atoms with Gasteiger partial charge in [0.2, 0.25) is 0 Å². The van der Waals surface area contributed by atoms with Gasteiger partial charge in [-0.25, -0.2) is 4.79 Å². The Kier molecular flexibility index (Phi) is 6.41. The maximum Gasteiger partial charge on any atom is 0.338 e. The number of benzene rings is 3. The fourth-order valence-electron chi connectivity index (χ4n) is 2.87. The number of ether oxygens (including phenoxy) is 1. The lowest BCUT2D eigenvalue weighted by molar-refractivity contribution is -0.125. The van der Waals surface area contributed by atoms with Crippen molar-refractivity contribution in [2.75, 3.05) is 6.61 Å². The summed E-state index contributed by atoms with van der Waals surface area (Å²) in [4.78, 5) is 24.4. The zero-order chi connectivity index (χ0) is 19.8. The number of hydrogen-bond acceptors (Lipinski definition) is 4. The second-order valence-electron chi connectivity index (χ2n) is 6.35. The molecule has 5 nitrogen and oxygen atoms in total. The second-order valence-corrected chi connectivity index (χ2v) is 6.35. The van der Waals surface area contributed by atoms with Crippen LogP contribution in [0.3, 0.4) is 0 Å². The van der Waals surface area contributed by atoms with E-state index >= 15 is 0 Å². The maximum atomic E-state index is 12.4. The second kappa shape index (κ2) is 9.37. The van der Waals surface area contributed by atoms with Gasteiger partial charge in [-0.2, -0.15) is 0 Å². The Bertz CT molecular complexity index is 926. The van der Waals surface area contributed by atoms with Crippen molar-refractivity contribution in [1.82, 2.24) is 5.32 Å². The topological polar surface area (TPSA) is 75.6 Å². The molecule has 0 bridgehead atoms. The van der Waals surface area contributed by atoms with Crippen molar-refractivity contribution in [3.8, 4) is 5.75 Å². The Labute approximate surface area is 163 Å². The molecule has 0 saturated carbocycles.